The molecular formula is C11H9ClN2. The Kier molecular flexibility index (Phi) is 2.65. The first-order chi connectivity index (χ1) is 6.86. The van der Waals surface area contributed by atoms with Crippen molar-refractivity contribution in [3.8, 4) is 0 Å². The summed E-state index contributed by atoms with van der Waals surface area (Å²) in [5, 5.41) is 4.79. The SMILES string of the molecule is Clc1ccccc1/C=C/n1cccn1. The van der Waals surface area contributed by atoms with Crippen LogP contribution >= 0.6 is 11.6 Å². The van der Waals surface area contributed by atoms with Crippen molar-refractivity contribution in [2.75, 3.05) is 0 Å². The van der Waals surface area contributed by atoms with Crippen molar-refractivity contribution in [1.82, 2.24) is 9.78 Å². The Bertz CT molecular complexity index is 432. The van der Waals surface area contributed by atoms with Crippen LogP contribution in [0.2, 0.25) is 5.02 Å². The number of aromatic nitrogens is 2. The molecule has 0 saturated carbocycles. The molecule has 0 aliphatic heterocycles. The van der Waals surface area contributed by atoms with E-state index in [1.54, 1.807) is 10.9 Å². The lowest BCUT2D eigenvalue weighted by molar-refractivity contribution is 0.938. The summed E-state index contributed by atoms with van der Waals surface area (Å²) in [6.45, 7) is 0. The van der Waals surface area contributed by atoms with Gasteiger partial charge in [0.1, 0.15) is 0 Å². The fourth-order valence-corrected chi connectivity index (χ4v) is 1.33. The number of nitrogens with zero attached hydrogens (tertiary/aromatic N) is 2. The summed E-state index contributed by atoms with van der Waals surface area (Å²) in [5.74, 6) is 0. The van der Waals surface area contributed by atoms with Crippen molar-refractivity contribution in [2.24, 2.45) is 0 Å². The second-order valence-electron chi connectivity index (χ2n) is 2.82. The molecule has 0 aliphatic rings. The van der Waals surface area contributed by atoms with Gasteiger partial charge in [0.05, 0.1) is 0 Å². The lowest BCUT2D eigenvalue weighted by atomic mass is 10.2. The van der Waals surface area contributed by atoms with Gasteiger partial charge in [0.2, 0.25) is 0 Å². The first-order valence-corrected chi connectivity index (χ1v) is 4.66. The van der Waals surface area contributed by atoms with Gasteiger partial charge >= 0.3 is 0 Å². The monoisotopic (exact) mass is 204 g/mol. The van der Waals surface area contributed by atoms with Gasteiger partial charge in [-0.05, 0) is 23.8 Å². The zero-order valence-corrected chi connectivity index (χ0v) is 8.22. The Morgan fingerprint density at radius 1 is 1.21 bits per heavy atom. The highest BCUT2D eigenvalue weighted by atomic mass is 35.5. The van der Waals surface area contributed by atoms with Crippen molar-refractivity contribution >= 4 is 23.9 Å². The number of hydrogen-bond donors (Lipinski definition) is 0. The molecule has 2 rings (SSSR count). The molecule has 0 saturated heterocycles. The largest absolute Gasteiger partial charge is 0.248 e. The van der Waals surface area contributed by atoms with Gasteiger partial charge in [-0.25, -0.2) is 4.68 Å². The average Bonchev–Trinajstić information content (AvgIpc) is 2.69. The van der Waals surface area contributed by atoms with Gasteiger partial charge in [-0.15, -0.1) is 0 Å². The first-order valence-electron chi connectivity index (χ1n) is 4.28. The van der Waals surface area contributed by atoms with E-state index < -0.39 is 0 Å². The van der Waals surface area contributed by atoms with Crippen molar-refractivity contribution in [3.63, 3.8) is 0 Å². The zero-order chi connectivity index (χ0) is 9.80. The van der Waals surface area contributed by atoms with Crippen LogP contribution in [0, 0.1) is 0 Å². The van der Waals surface area contributed by atoms with Crippen LogP contribution in [-0.2, 0) is 0 Å². The number of halogens is 1. The molecule has 70 valence electrons. The summed E-state index contributed by atoms with van der Waals surface area (Å²) >= 11 is 5.98. The van der Waals surface area contributed by atoms with E-state index in [9.17, 15) is 0 Å². The minimum atomic E-state index is 0.746. The molecule has 0 radical (unpaired) electrons. The Hall–Kier alpha value is -1.54. The summed E-state index contributed by atoms with van der Waals surface area (Å²) in [6, 6.07) is 9.56. The molecule has 1 aromatic heterocycles. The third kappa shape index (κ3) is 2.03. The second-order valence-corrected chi connectivity index (χ2v) is 3.23. The highest BCUT2D eigenvalue weighted by Crippen LogP contribution is 2.16. The van der Waals surface area contributed by atoms with Crippen LogP contribution < -0.4 is 0 Å². The summed E-state index contributed by atoms with van der Waals surface area (Å²) < 4.78 is 1.73. The summed E-state index contributed by atoms with van der Waals surface area (Å²) in [6.07, 6.45) is 7.39. The third-order valence-corrected chi connectivity index (χ3v) is 2.18. The van der Waals surface area contributed by atoms with Gasteiger partial charge in [0.15, 0.2) is 0 Å². The molecule has 0 atom stereocenters. The molecule has 0 spiro atoms. The molecular weight excluding hydrogens is 196 g/mol. The number of benzene rings is 1. The molecule has 3 heteroatoms. The lowest BCUT2D eigenvalue weighted by Gasteiger charge is -1.96. The minimum absolute atomic E-state index is 0.746. The van der Waals surface area contributed by atoms with Crippen LogP contribution in [0.4, 0.5) is 0 Å². The van der Waals surface area contributed by atoms with E-state index in [0.717, 1.165) is 10.6 Å². The Morgan fingerprint density at radius 3 is 2.79 bits per heavy atom. The molecule has 1 aromatic carbocycles. The molecule has 1 heterocycles. The minimum Gasteiger partial charge on any atom is -0.248 e. The molecule has 0 aliphatic carbocycles. The molecule has 0 N–H and O–H groups in total. The van der Waals surface area contributed by atoms with Gasteiger partial charge in [-0.3, -0.25) is 0 Å². The van der Waals surface area contributed by atoms with Crippen molar-refractivity contribution in [2.45, 2.75) is 0 Å². The van der Waals surface area contributed by atoms with E-state index in [1.807, 2.05) is 48.8 Å². The van der Waals surface area contributed by atoms with Crippen molar-refractivity contribution < 1.29 is 0 Å². The summed E-state index contributed by atoms with van der Waals surface area (Å²) in [5.41, 5.74) is 0.990. The third-order valence-electron chi connectivity index (χ3n) is 1.84. The van der Waals surface area contributed by atoms with E-state index in [2.05, 4.69) is 5.10 Å². The molecule has 0 unspecified atom stereocenters. The number of rotatable bonds is 2. The molecule has 0 fully saturated rings. The second kappa shape index (κ2) is 4.11. The van der Waals surface area contributed by atoms with Crippen LogP contribution in [0.5, 0.6) is 0 Å². The van der Waals surface area contributed by atoms with Gasteiger partial charge in [-0.2, -0.15) is 5.10 Å². The van der Waals surface area contributed by atoms with Gasteiger partial charge in [0, 0.05) is 23.6 Å². The molecule has 14 heavy (non-hydrogen) atoms. The van der Waals surface area contributed by atoms with E-state index >= 15 is 0 Å². The predicted molar refractivity (Wildman–Crippen MR) is 58.9 cm³/mol. The maximum atomic E-state index is 5.98. The summed E-state index contributed by atoms with van der Waals surface area (Å²) in [7, 11) is 0. The van der Waals surface area contributed by atoms with E-state index in [-0.39, 0.29) is 0 Å². The molecule has 0 amide bonds. The van der Waals surface area contributed by atoms with Crippen molar-refractivity contribution in [3.05, 3.63) is 53.3 Å². The normalized spacial score (nSPS) is 10.9. The molecule has 2 aromatic rings. The quantitative estimate of drug-likeness (QED) is 0.735. The zero-order valence-electron chi connectivity index (χ0n) is 7.47. The van der Waals surface area contributed by atoms with Crippen LogP contribution in [-0.4, -0.2) is 9.78 Å². The van der Waals surface area contributed by atoms with Gasteiger partial charge < -0.3 is 0 Å². The lowest BCUT2D eigenvalue weighted by Crippen LogP contribution is -1.84. The van der Waals surface area contributed by atoms with Crippen LogP contribution in [0.1, 0.15) is 5.56 Å². The smallest absolute Gasteiger partial charge is 0.0493 e. The maximum Gasteiger partial charge on any atom is 0.0493 e. The Morgan fingerprint density at radius 2 is 2.07 bits per heavy atom. The molecule has 2 nitrogen and oxygen atoms in total. The van der Waals surface area contributed by atoms with E-state index in [4.69, 9.17) is 11.6 Å². The van der Waals surface area contributed by atoms with E-state index in [1.165, 1.54) is 0 Å². The van der Waals surface area contributed by atoms with E-state index in [0.29, 0.717) is 0 Å². The van der Waals surface area contributed by atoms with Crippen LogP contribution in [0.15, 0.2) is 42.7 Å². The first kappa shape index (κ1) is 9.03. The average molecular weight is 205 g/mol. The predicted octanol–water partition coefficient (Wildman–Crippen LogP) is 3.16. The van der Waals surface area contributed by atoms with Crippen LogP contribution in [0.3, 0.4) is 0 Å². The number of hydrogen-bond acceptors (Lipinski definition) is 1. The highest BCUT2D eigenvalue weighted by molar-refractivity contribution is 6.32. The van der Waals surface area contributed by atoms with Gasteiger partial charge in [0.25, 0.3) is 0 Å². The molecule has 0 bridgehead atoms. The standard InChI is InChI=1S/C11H9ClN2/c12-11-5-2-1-4-10(11)6-9-14-8-3-7-13-14/h1-9H/b9-6+. The topological polar surface area (TPSA) is 17.8 Å². The Labute approximate surface area is 87.4 Å². The fraction of sp³-hybridized carbons (Fsp3) is 0. The van der Waals surface area contributed by atoms with Crippen LogP contribution in [0.25, 0.3) is 12.3 Å². The van der Waals surface area contributed by atoms with Crippen molar-refractivity contribution in [1.29, 1.82) is 0 Å². The maximum absolute atomic E-state index is 5.98. The highest BCUT2D eigenvalue weighted by Gasteiger charge is 1.92. The Balaban J connectivity index is 2.23. The summed E-state index contributed by atoms with van der Waals surface area (Å²) in [4.78, 5) is 0. The fourth-order valence-electron chi connectivity index (χ4n) is 1.14. The van der Waals surface area contributed by atoms with Gasteiger partial charge in [-0.1, -0.05) is 29.8 Å².